The zero-order valence-electron chi connectivity index (χ0n) is 25.3. The Morgan fingerprint density at radius 2 is 0.723 bits per heavy atom. The van der Waals surface area contributed by atoms with Gasteiger partial charge in [-0.15, -0.1) is 25.7 Å². The molecule has 47 heavy (non-hydrogen) atoms. The average molecular weight is 599 g/mol. The molecule has 1 aliphatic rings. The highest BCUT2D eigenvalue weighted by molar-refractivity contribution is 5.86. The van der Waals surface area contributed by atoms with Crippen molar-refractivity contribution in [1.82, 2.24) is 0 Å². The summed E-state index contributed by atoms with van der Waals surface area (Å²) in [4.78, 5) is 0. The van der Waals surface area contributed by atoms with Crippen LogP contribution in [0, 0.1) is 49.4 Å². The molecular weight excluding hydrogens is 572 g/mol. The molecule has 0 N–H and O–H groups in total. The zero-order valence-corrected chi connectivity index (χ0v) is 25.3. The minimum atomic E-state index is -0.593. The van der Waals surface area contributed by atoms with Gasteiger partial charge in [0, 0.05) is 22.3 Å². The Morgan fingerprint density at radius 3 is 1.06 bits per heavy atom. The molecule has 0 bridgehead atoms. The highest BCUT2D eigenvalue weighted by Crippen LogP contribution is 2.56. The Hall–Kier alpha value is -6.84. The molecule has 1 aliphatic carbocycles. The van der Waals surface area contributed by atoms with Crippen LogP contribution in [0.4, 0.5) is 0 Å². The van der Waals surface area contributed by atoms with Crippen molar-refractivity contribution in [3.63, 3.8) is 0 Å². The van der Waals surface area contributed by atoms with Gasteiger partial charge in [-0.05, 0) is 94.0 Å². The van der Waals surface area contributed by atoms with Crippen molar-refractivity contribution in [1.29, 1.82) is 0 Å². The third-order valence-corrected chi connectivity index (χ3v) is 8.48. The molecule has 0 aromatic heterocycles. The minimum absolute atomic E-state index is 0.588. The second-order valence-corrected chi connectivity index (χ2v) is 11.2. The molecular formula is C45H26O2. The van der Waals surface area contributed by atoms with Crippen LogP contribution < -0.4 is 9.47 Å². The lowest BCUT2D eigenvalue weighted by Crippen LogP contribution is -2.28. The molecule has 0 atom stereocenters. The summed E-state index contributed by atoms with van der Waals surface area (Å²) >= 11 is 0. The summed E-state index contributed by atoms with van der Waals surface area (Å²) < 4.78 is 12.5. The van der Waals surface area contributed by atoms with Crippen molar-refractivity contribution in [2.45, 2.75) is 5.41 Å². The lowest BCUT2D eigenvalue weighted by atomic mass is 9.68. The number of terminal acetylenes is 4. The maximum Gasteiger partial charge on any atom is 0.129 e. The first-order chi connectivity index (χ1) is 23.0. The zero-order chi connectivity index (χ0) is 32.4. The fourth-order valence-electron chi connectivity index (χ4n) is 6.49. The van der Waals surface area contributed by atoms with Crippen molar-refractivity contribution >= 4 is 0 Å². The molecule has 0 saturated carbocycles. The number of rotatable bonds is 6. The van der Waals surface area contributed by atoms with Crippen molar-refractivity contribution in [2.24, 2.45) is 0 Å². The largest absolute Gasteiger partial charge is 0.457 e. The lowest BCUT2D eigenvalue weighted by molar-refractivity contribution is 0.481. The molecule has 0 aliphatic heterocycles. The third kappa shape index (κ3) is 5.08. The van der Waals surface area contributed by atoms with E-state index in [2.05, 4.69) is 96.5 Å². The number of hydrogen-bond acceptors (Lipinski definition) is 2. The minimum Gasteiger partial charge on any atom is -0.457 e. The Kier molecular flexibility index (Phi) is 7.33. The van der Waals surface area contributed by atoms with Gasteiger partial charge in [0.2, 0.25) is 0 Å². The lowest BCUT2D eigenvalue weighted by Gasteiger charge is -2.34. The maximum atomic E-state index is 6.23. The molecule has 0 amide bonds. The summed E-state index contributed by atoms with van der Waals surface area (Å²) in [5.74, 6) is 13.1. The van der Waals surface area contributed by atoms with Gasteiger partial charge in [0.25, 0.3) is 0 Å². The number of fused-ring (bicyclic) bond motifs is 3. The van der Waals surface area contributed by atoms with E-state index in [4.69, 9.17) is 35.2 Å². The highest BCUT2D eigenvalue weighted by atomic mass is 16.5. The van der Waals surface area contributed by atoms with Crippen LogP contribution in [-0.2, 0) is 5.41 Å². The summed E-state index contributed by atoms with van der Waals surface area (Å²) in [6, 6.07) is 44.4. The highest BCUT2D eigenvalue weighted by Gasteiger charge is 2.45. The Balaban J connectivity index is 1.32. The summed E-state index contributed by atoms with van der Waals surface area (Å²) in [5, 5.41) is 0. The van der Waals surface area contributed by atoms with E-state index in [1.807, 2.05) is 24.3 Å². The van der Waals surface area contributed by atoms with Crippen LogP contribution >= 0.6 is 0 Å². The second-order valence-electron chi connectivity index (χ2n) is 11.2. The van der Waals surface area contributed by atoms with Crippen LogP contribution in [0.25, 0.3) is 11.1 Å². The molecule has 0 unspecified atom stereocenters. The second kappa shape index (κ2) is 11.9. The Labute approximate surface area is 275 Å². The van der Waals surface area contributed by atoms with Crippen LogP contribution in [0.3, 0.4) is 0 Å². The van der Waals surface area contributed by atoms with Crippen molar-refractivity contribution in [3.05, 3.63) is 178 Å². The molecule has 0 heterocycles. The number of ether oxygens (including phenoxy) is 2. The fourth-order valence-corrected chi connectivity index (χ4v) is 6.49. The quantitative estimate of drug-likeness (QED) is 0.178. The first-order valence-corrected chi connectivity index (χ1v) is 15.0. The first-order valence-electron chi connectivity index (χ1n) is 15.0. The van der Waals surface area contributed by atoms with Crippen LogP contribution in [-0.4, -0.2) is 0 Å². The van der Waals surface area contributed by atoms with Crippen LogP contribution in [0.5, 0.6) is 23.0 Å². The molecule has 2 heteroatoms. The molecule has 0 saturated heterocycles. The number of benzene rings is 6. The SMILES string of the molecule is C#Cc1cc(C#C)cc(Oc2ccc(C3(c4ccc(Oc5cc(C#C)cc(C#C)c5)cc4)c4ccccc4-c4ccccc43)cc2)c1. The van der Waals surface area contributed by atoms with Gasteiger partial charge in [-0.25, -0.2) is 0 Å². The smallest absolute Gasteiger partial charge is 0.129 e. The van der Waals surface area contributed by atoms with Gasteiger partial charge < -0.3 is 9.47 Å². The topological polar surface area (TPSA) is 18.5 Å². The molecule has 2 nitrogen and oxygen atoms in total. The summed E-state index contributed by atoms with van der Waals surface area (Å²) in [6.07, 6.45) is 22.6. The summed E-state index contributed by atoms with van der Waals surface area (Å²) in [6.45, 7) is 0. The predicted octanol–water partition coefficient (Wildman–Crippen LogP) is 9.56. The van der Waals surface area contributed by atoms with Gasteiger partial charge in [0.15, 0.2) is 0 Å². The van der Waals surface area contributed by atoms with Gasteiger partial charge in [0.1, 0.15) is 23.0 Å². The van der Waals surface area contributed by atoms with Gasteiger partial charge in [0.05, 0.1) is 5.41 Å². The first kappa shape index (κ1) is 28.9. The van der Waals surface area contributed by atoms with Crippen molar-refractivity contribution < 1.29 is 9.47 Å². The molecule has 218 valence electrons. The van der Waals surface area contributed by atoms with Gasteiger partial charge >= 0.3 is 0 Å². The van der Waals surface area contributed by atoms with Gasteiger partial charge in [-0.3, -0.25) is 0 Å². The monoisotopic (exact) mass is 598 g/mol. The van der Waals surface area contributed by atoms with Crippen LogP contribution in [0.1, 0.15) is 44.5 Å². The molecule has 0 spiro atoms. The van der Waals surface area contributed by atoms with E-state index in [9.17, 15) is 0 Å². The maximum absolute atomic E-state index is 6.23. The van der Waals surface area contributed by atoms with E-state index in [-0.39, 0.29) is 0 Å². The van der Waals surface area contributed by atoms with Crippen LogP contribution in [0.15, 0.2) is 133 Å². The van der Waals surface area contributed by atoms with E-state index in [0.717, 1.165) is 11.1 Å². The Bertz CT molecular complexity index is 2100. The van der Waals surface area contributed by atoms with Gasteiger partial charge in [-0.1, -0.05) is 96.5 Å². The summed E-state index contributed by atoms with van der Waals surface area (Å²) in [7, 11) is 0. The van der Waals surface area contributed by atoms with Gasteiger partial charge in [-0.2, -0.15) is 0 Å². The normalized spacial score (nSPS) is 11.9. The van der Waals surface area contributed by atoms with Crippen molar-refractivity contribution in [3.8, 4) is 83.5 Å². The summed E-state index contributed by atoms with van der Waals surface area (Å²) in [5.41, 5.74) is 9.05. The molecule has 6 aromatic rings. The molecule has 0 fully saturated rings. The van der Waals surface area contributed by atoms with E-state index in [1.165, 1.54) is 22.3 Å². The van der Waals surface area contributed by atoms with E-state index < -0.39 is 5.41 Å². The van der Waals surface area contributed by atoms with E-state index in [0.29, 0.717) is 45.3 Å². The molecule has 6 aromatic carbocycles. The predicted molar refractivity (Wildman–Crippen MR) is 189 cm³/mol. The average Bonchev–Trinajstić information content (AvgIpc) is 3.43. The standard InChI is InChI=1S/C45H26O2/c1-5-31-25-32(6-2)28-39(27-31)46-37-21-17-35(18-22-37)45(43-15-11-9-13-41(43)42-14-10-12-16-44(42)45)36-19-23-38(24-20-36)47-40-29-33(7-3)26-34(8-4)30-40/h1-4,9-30H. The van der Waals surface area contributed by atoms with Crippen molar-refractivity contribution in [2.75, 3.05) is 0 Å². The Morgan fingerprint density at radius 1 is 0.383 bits per heavy atom. The van der Waals surface area contributed by atoms with E-state index >= 15 is 0 Å². The number of hydrogen-bond donors (Lipinski definition) is 0. The third-order valence-electron chi connectivity index (χ3n) is 8.48. The van der Waals surface area contributed by atoms with Crippen LogP contribution in [0.2, 0.25) is 0 Å². The fraction of sp³-hybridized carbons (Fsp3) is 0.0222. The molecule has 0 radical (unpaired) electrons. The van der Waals surface area contributed by atoms with E-state index in [1.54, 1.807) is 36.4 Å². The molecule has 7 rings (SSSR count).